The summed E-state index contributed by atoms with van der Waals surface area (Å²) in [7, 11) is 1.95. The van der Waals surface area contributed by atoms with Crippen molar-refractivity contribution in [2.75, 3.05) is 19.7 Å². The van der Waals surface area contributed by atoms with Gasteiger partial charge in [-0.3, -0.25) is 4.68 Å². The number of aryl methyl sites for hydroxylation is 2. The minimum atomic E-state index is 0.793. The molecule has 1 heterocycles. The van der Waals surface area contributed by atoms with Crippen LogP contribution in [0.2, 0.25) is 0 Å². The highest BCUT2D eigenvalue weighted by Gasteiger charge is 2.09. The molecule has 0 aliphatic heterocycles. The molecule has 0 spiro atoms. The first-order valence-electron chi connectivity index (χ1n) is 7.00. The second-order valence-corrected chi connectivity index (χ2v) is 4.78. The van der Waals surface area contributed by atoms with Crippen LogP contribution < -0.4 is 10.1 Å². The van der Waals surface area contributed by atoms with E-state index < -0.39 is 0 Å². The van der Waals surface area contributed by atoms with Gasteiger partial charge < -0.3 is 10.1 Å². The summed E-state index contributed by atoms with van der Waals surface area (Å²) in [5, 5.41) is 7.75. The number of rotatable bonds is 9. The van der Waals surface area contributed by atoms with Gasteiger partial charge in [0.2, 0.25) is 0 Å². The monoisotopic (exact) mass is 253 g/mol. The Kier molecular flexibility index (Phi) is 6.80. The summed E-state index contributed by atoms with van der Waals surface area (Å²) in [6.07, 6.45) is 4.77. The molecular formula is C14H27N3O. The quantitative estimate of drug-likeness (QED) is 0.688. The van der Waals surface area contributed by atoms with Crippen LogP contribution in [0, 0.1) is 13.8 Å². The predicted octanol–water partition coefficient (Wildman–Crippen LogP) is 2.59. The standard InChI is InChI=1S/C14H27N3O/c1-5-9-15-10-7-6-8-11-18-14-12(2)16-17(4)13(14)3/h15H,5-11H2,1-4H3. The van der Waals surface area contributed by atoms with Crippen molar-refractivity contribution in [3.05, 3.63) is 11.4 Å². The molecule has 0 bridgehead atoms. The molecule has 0 saturated heterocycles. The highest BCUT2D eigenvalue weighted by atomic mass is 16.5. The lowest BCUT2D eigenvalue weighted by atomic mass is 10.2. The molecule has 0 radical (unpaired) electrons. The number of unbranched alkanes of at least 4 members (excludes halogenated alkanes) is 2. The average molecular weight is 253 g/mol. The van der Waals surface area contributed by atoms with Crippen molar-refractivity contribution in [1.29, 1.82) is 0 Å². The Hall–Kier alpha value is -1.03. The lowest BCUT2D eigenvalue weighted by molar-refractivity contribution is 0.300. The Bertz CT molecular complexity index is 347. The van der Waals surface area contributed by atoms with E-state index in [0.717, 1.165) is 43.3 Å². The molecule has 1 aromatic heterocycles. The maximum absolute atomic E-state index is 5.81. The van der Waals surface area contributed by atoms with E-state index >= 15 is 0 Å². The van der Waals surface area contributed by atoms with Gasteiger partial charge in [-0.05, 0) is 52.6 Å². The van der Waals surface area contributed by atoms with Crippen LogP contribution in [-0.4, -0.2) is 29.5 Å². The maximum Gasteiger partial charge on any atom is 0.162 e. The first-order chi connectivity index (χ1) is 8.66. The van der Waals surface area contributed by atoms with Gasteiger partial charge in [-0.15, -0.1) is 0 Å². The van der Waals surface area contributed by atoms with E-state index in [4.69, 9.17) is 4.74 Å². The molecule has 1 N–H and O–H groups in total. The van der Waals surface area contributed by atoms with E-state index in [-0.39, 0.29) is 0 Å². The van der Waals surface area contributed by atoms with E-state index in [1.165, 1.54) is 19.3 Å². The van der Waals surface area contributed by atoms with Crippen molar-refractivity contribution in [3.8, 4) is 5.75 Å². The predicted molar refractivity (Wildman–Crippen MR) is 75.2 cm³/mol. The van der Waals surface area contributed by atoms with Gasteiger partial charge in [-0.2, -0.15) is 5.10 Å². The average Bonchev–Trinajstić information content (AvgIpc) is 2.58. The van der Waals surface area contributed by atoms with Crippen LogP contribution >= 0.6 is 0 Å². The van der Waals surface area contributed by atoms with Crippen LogP contribution in [0.3, 0.4) is 0 Å². The molecule has 0 amide bonds. The molecule has 0 aliphatic rings. The lowest BCUT2D eigenvalue weighted by Gasteiger charge is -2.07. The minimum Gasteiger partial charge on any atom is -0.490 e. The van der Waals surface area contributed by atoms with Crippen LogP contribution in [0.1, 0.15) is 44.0 Å². The van der Waals surface area contributed by atoms with Crippen molar-refractivity contribution in [2.24, 2.45) is 7.05 Å². The van der Waals surface area contributed by atoms with Gasteiger partial charge >= 0.3 is 0 Å². The number of ether oxygens (including phenoxy) is 1. The van der Waals surface area contributed by atoms with E-state index in [1.54, 1.807) is 0 Å². The normalized spacial score (nSPS) is 10.9. The fraction of sp³-hybridized carbons (Fsp3) is 0.786. The summed E-state index contributed by atoms with van der Waals surface area (Å²) in [6, 6.07) is 0. The van der Waals surface area contributed by atoms with E-state index in [0.29, 0.717) is 0 Å². The van der Waals surface area contributed by atoms with Crippen LogP contribution in [0.4, 0.5) is 0 Å². The molecule has 1 aromatic rings. The van der Waals surface area contributed by atoms with Gasteiger partial charge in [0.25, 0.3) is 0 Å². The number of aromatic nitrogens is 2. The molecule has 0 saturated carbocycles. The molecule has 104 valence electrons. The van der Waals surface area contributed by atoms with Crippen molar-refractivity contribution in [2.45, 2.75) is 46.5 Å². The SMILES string of the molecule is CCCNCCCCCOc1c(C)nn(C)c1C. The molecule has 0 atom stereocenters. The zero-order valence-corrected chi connectivity index (χ0v) is 12.3. The molecule has 0 aliphatic carbocycles. The summed E-state index contributed by atoms with van der Waals surface area (Å²) in [5.41, 5.74) is 2.09. The summed E-state index contributed by atoms with van der Waals surface area (Å²) < 4.78 is 7.69. The van der Waals surface area contributed by atoms with Crippen LogP contribution in [0.15, 0.2) is 0 Å². The maximum atomic E-state index is 5.81. The van der Waals surface area contributed by atoms with Crippen molar-refractivity contribution in [1.82, 2.24) is 15.1 Å². The van der Waals surface area contributed by atoms with Crippen molar-refractivity contribution in [3.63, 3.8) is 0 Å². The molecule has 0 fully saturated rings. The van der Waals surface area contributed by atoms with Gasteiger partial charge in [0.15, 0.2) is 5.75 Å². The van der Waals surface area contributed by atoms with Crippen molar-refractivity contribution < 1.29 is 4.74 Å². The smallest absolute Gasteiger partial charge is 0.162 e. The van der Waals surface area contributed by atoms with Crippen LogP contribution in [0.5, 0.6) is 5.75 Å². The fourth-order valence-electron chi connectivity index (χ4n) is 1.97. The second-order valence-electron chi connectivity index (χ2n) is 4.78. The Balaban J connectivity index is 2.11. The highest BCUT2D eigenvalue weighted by Crippen LogP contribution is 2.21. The van der Waals surface area contributed by atoms with Gasteiger partial charge in [-0.25, -0.2) is 0 Å². The van der Waals surface area contributed by atoms with Gasteiger partial charge in [-0.1, -0.05) is 6.92 Å². The van der Waals surface area contributed by atoms with Crippen molar-refractivity contribution >= 4 is 0 Å². The Morgan fingerprint density at radius 3 is 2.56 bits per heavy atom. The molecule has 0 aromatic carbocycles. The highest BCUT2D eigenvalue weighted by molar-refractivity contribution is 5.31. The number of nitrogens with one attached hydrogen (secondary N) is 1. The molecule has 0 unspecified atom stereocenters. The van der Waals surface area contributed by atoms with E-state index in [2.05, 4.69) is 17.3 Å². The molecule has 18 heavy (non-hydrogen) atoms. The largest absolute Gasteiger partial charge is 0.490 e. The molecule has 4 heteroatoms. The van der Waals surface area contributed by atoms with Gasteiger partial charge in [0, 0.05) is 7.05 Å². The third-order valence-electron chi connectivity index (χ3n) is 3.11. The number of hydrogen-bond donors (Lipinski definition) is 1. The van der Waals surface area contributed by atoms with Gasteiger partial charge in [0.05, 0.1) is 12.3 Å². The third-order valence-corrected chi connectivity index (χ3v) is 3.11. The Labute approximate surface area is 111 Å². The fourth-order valence-corrected chi connectivity index (χ4v) is 1.97. The lowest BCUT2D eigenvalue weighted by Crippen LogP contribution is -2.15. The first-order valence-corrected chi connectivity index (χ1v) is 7.00. The molecule has 4 nitrogen and oxygen atoms in total. The van der Waals surface area contributed by atoms with E-state index in [9.17, 15) is 0 Å². The zero-order chi connectivity index (χ0) is 13.4. The summed E-state index contributed by atoms with van der Waals surface area (Å²) >= 11 is 0. The van der Waals surface area contributed by atoms with Crippen LogP contribution in [-0.2, 0) is 7.05 Å². The second kappa shape index (κ2) is 8.14. The number of hydrogen-bond acceptors (Lipinski definition) is 3. The first kappa shape index (κ1) is 15.0. The summed E-state index contributed by atoms with van der Waals surface area (Å²) in [5.74, 6) is 0.960. The van der Waals surface area contributed by atoms with Gasteiger partial charge in [0.1, 0.15) is 5.69 Å². The zero-order valence-electron chi connectivity index (χ0n) is 12.3. The topological polar surface area (TPSA) is 39.1 Å². The summed E-state index contributed by atoms with van der Waals surface area (Å²) in [6.45, 7) is 9.28. The Morgan fingerprint density at radius 1 is 1.17 bits per heavy atom. The molecular weight excluding hydrogens is 226 g/mol. The Morgan fingerprint density at radius 2 is 1.94 bits per heavy atom. The number of nitrogens with zero attached hydrogens (tertiary/aromatic N) is 2. The van der Waals surface area contributed by atoms with Crippen LogP contribution in [0.25, 0.3) is 0 Å². The summed E-state index contributed by atoms with van der Waals surface area (Å²) in [4.78, 5) is 0. The minimum absolute atomic E-state index is 0.793. The third kappa shape index (κ3) is 4.69. The van der Waals surface area contributed by atoms with E-state index in [1.807, 2.05) is 25.6 Å². The molecule has 1 rings (SSSR count).